The topological polar surface area (TPSA) is 51.1 Å². The fraction of sp³-hybridized carbons (Fsp3) is 0.304. The quantitative estimate of drug-likeness (QED) is 0.539. The lowest BCUT2D eigenvalue weighted by molar-refractivity contribution is -0.122. The van der Waals surface area contributed by atoms with E-state index in [1.807, 2.05) is 68.5 Å². The van der Waals surface area contributed by atoms with Crippen molar-refractivity contribution in [1.29, 1.82) is 0 Å². The molecule has 1 saturated heterocycles. The molecule has 152 valence electrons. The number of rotatable bonds is 8. The molecule has 5 nitrogen and oxygen atoms in total. The molecule has 0 spiro atoms. The zero-order chi connectivity index (χ0) is 20.6. The van der Waals surface area contributed by atoms with E-state index in [0.717, 1.165) is 23.4 Å². The molecule has 1 fully saturated rings. The number of carbonyl (C=O) groups is 1. The Labute approximate surface area is 176 Å². The zero-order valence-corrected chi connectivity index (χ0v) is 17.9. The highest BCUT2D eigenvalue weighted by Gasteiger charge is 2.32. The lowest BCUT2D eigenvalue weighted by Gasteiger charge is -2.12. The third kappa shape index (κ3) is 5.21. The van der Waals surface area contributed by atoms with Gasteiger partial charge in [0.2, 0.25) is 0 Å². The lowest BCUT2D eigenvalue weighted by atomic mass is 10.2. The Balaban J connectivity index is 1.88. The predicted molar refractivity (Wildman–Crippen MR) is 120 cm³/mol. The summed E-state index contributed by atoms with van der Waals surface area (Å²) in [6.45, 7) is 7.72. The summed E-state index contributed by atoms with van der Waals surface area (Å²) in [6, 6.07) is 15.4. The van der Waals surface area contributed by atoms with Gasteiger partial charge < -0.3 is 9.47 Å². The lowest BCUT2D eigenvalue weighted by Crippen LogP contribution is -2.28. The average molecular weight is 411 g/mol. The maximum absolute atomic E-state index is 12.9. The van der Waals surface area contributed by atoms with Gasteiger partial charge in [-0.15, -0.1) is 0 Å². The Morgan fingerprint density at radius 1 is 1.03 bits per heavy atom. The van der Waals surface area contributed by atoms with E-state index in [9.17, 15) is 4.79 Å². The number of hydrogen-bond donors (Lipinski definition) is 0. The minimum absolute atomic E-state index is 0.0311. The number of carbonyl (C=O) groups excluding carboxylic acids is 1. The smallest absolute Gasteiger partial charge is 0.266 e. The molecule has 0 aliphatic carbocycles. The molecular formula is C23H26N2O3S. The second-order valence-corrected chi connectivity index (χ2v) is 7.39. The zero-order valence-electron chi connectivity index (χ0n) is 17.1. The molecule has 1 aliphatic rings. The van der Waals surface area contributed by atoms with Crippen molar-refractivity contribution in [3.05, 3.63) is 59.0 Å². The van der Waals surface area contributed by atoms with Crippen LogP contribution in [0.1, 0.15) is 32.8 Å². The van der Waals surface area contributed by atoms with Gasteiger partial charge in [0, 0.05) is 6.54 Å². The number of hydrogen-bond acceptors (Lipinski definition) is 5. The third-order valence-electron chi connectivity index (χ3n) is 4.21. The first kappa shape index (κ1) is 21.0. The summed E-state index contributed by atoms with van der Waals surface area (Å²) in [7, 11) is 0. The highest BCUT2D eigenvalue weighted by atomic mass is 32.2. The van der Waals surface area contributed by atoms with Gasteiger partial charge in [-0.25, -0.2) is 4.99 Å². The molecule has 29 heavy (non-hydrogen) atoms. The van der Waals surface area contributed by atoms with Gasteiger partial charge >= 0.3 is 0 Å². The predicted octanol–water partition coefficient (Wildman–Crippen LogP) is 5.50. The first-order valence-corrected chi connectivity index (χ1v) is 10.7. The number of nitrogens with zero attached hydrogens (tertiary/aromatic N) is 2. The van der Waals surface area contributed by atoms with Gasteiger partial charge in [-0.2, -0.15) is 0 Å². The number of thioether (sulfide) groups is 1. The van der Waals surface area contributed by atoms with Gasteiger partial charge in [0.25, 0.3) is 5.91 Å². The van der Waals surface area contributed by atoms with Crippen molar-refractivity contribution in [1.82, 2.24) is 4.90 Å². The van der Waals surface area contributed by atoms with E-state index in [2.05, 4.69) is 11.9 Å². The molecule has 0 unspecified atom stereocenters. The monoisotopic (exact) mass is 410 g/mol. The van der Waals surface area contributed by atoms with Crippen LogP contribution in [0.25, 0.3) is 6.08 Å². The van der Waals surface area contributed by atoms with E-state index < -0.39 is 0 Å². The van der Waals surface area contributed by atoms with Crippen LogP contribution < -0.4 is 9.47 Å². The Kier molecular flexibility index (Phi) is 7.36. The summed E-state index contributed by atoms with van der Waals surface area (Å²) in [5, 5.41) is 0.697. The van der Waals surface area contributed by atoms with E-state index in [0.29, 0.717) is 35.6 Å². The first-order valence-electron chi connectivity index (χ1n) is 9.91. The molecule has 1 heterocycles. The van der Waals surface area contributed by atoms with Crippen molar-refractivity contribution in [2.75, 3.05) is 19.8 Å². The number of benzene rings is 2. The van der Waals surface area contributed by atoms with Crippen molar-refractivity contribution < 1.29 is 14.3 Å². The van der Waals surface area contributed by atoms with Gasteiger partial charge in [-0.1, -0.05) is 31.2 Å². The average Bonchev–Trinajstić information content (AvgIpc) is 3.02. The molecule has 2 aromatic rings. The van der Waals surface area contributed by atoms with Crippen LogP contribution in [0.15, 0.2) is 58.4 Å². The van der Waals surface area contributed by atoms with Gasteiger partial charge in [0.1, 0.15) is 0 Å². The number of para-hydroxylation sites is 1. The van der Waals surface area contributed by atoms with Crippen LogP contribution in [0.4, 0.5) is 5.69 Å². The van der Waals surface area contributed by atoms with Gasteiger partial charge in [-0.05, 0) is 67.9 Å². The molecule has 0 atom stereocenters. The molecule has 0 radical (unpaired) electrons. The van der Waals surface area contributed by atoms with Crippen molar-refractivity contribution in [2.45, 2.75) is 27.2 Å². The van der Waals surface area contributed by atoms with Gasteiger partial charge in [0.15, 0.2) is 16.7 Å². The van der Waals surface area contributed by atoms with Crippen LogP contribution in [0.3, 0.4) is 0 Å². The fourth-order valence-corrected chi connectivity index (χ4v) is 3.91. The normalized spacial score (nSPS) is 16.7. The number of amidine groups is 1. The van der Waals surface area contributed by atoms with E-state index >= 15 is 0 Å². The number of ether oxygens (including phenoxy) is 2. The van der Waals surface area contributed by atoms with Crippen LogP contribution in [-0.4, -0.2) is 35.7 Å². The highest BCUT2D eigenvalue weighted by molar-refractivity contribution is 8.18. The van der Waals surface area contributed by atoms with E-state index in [-0.39, 0.29) is 5.91 Å². The Hall–Kier alpha value is -2.73. The maximum atomic E-state index is 12.9. The van der Waals surface area contributed by atoms with Crippen molar-refractivity contribution in [3.8, 4) is 11.5 Å². The fourth-order valence-electron chi connectivity index (χ4n) is 2.85. The molecule has 6 heteroatoms. The summed E-state index contributed by atoms with van der Waals surface area (Å²) >= 11 is 1.39. The van der Waals surface area contributed by atoms with E-state index in [4.69, 9.17) is 9.47 Å². The Morgan fingerprint density at radius 2 is 1.83 bits per heavy atom. The molecule has 0 saturated carbocycles. The van der Waals surface area contributed by atoms with Gasteiger partial charge in [0.05, 0.1) is 23.8 Å². The minimum Gasteiger partial charge on any atom is -0.490 e. The van der Waals surface area contributed by atoms with E-state index in [1.165, 1.54) is 11.8 Å². The Bertz CT molecular complexity index is 910. The Morgan fingerprint density at radius 3 is 2.52 bits per heavy atom. The third-order valence-corrected chi connectivity index (χ3v) is 5.22. The largest absolute Gasteiger partial charge is 0.490 e. The van der Waals surface area contributed by atoms with Crippen LogP contribution in [0.2, 0.25) is 0 Å². The van der Waals surface area contributed by atoms with Crippen LogP contribution >= 0.6 is 11.8 Å². The summed E-state index contributed by atoms with van der Waals surface area (Å²) in [4.78, 5) is 19.9. The second kappa shape index (κ2) is 10.2. The summed E-state index contributed by atoms with van der Waals surface area (Å²) in [6.07, 6.45) is 2.81. The highest BCUT2D eigenvalue weighted by Crippen LogP contribution is 2.35. The van der Waals surface area contributed by atoms with Crippen molar-refractivity contribution in [3.63, 3.8) is 0 Å². The summed E-state index contributed by atoms with van der Waals surface area (Å²) in [5.41, 5.74) is 1.73. The maximum Gasteiger partial charge on any atom is 0.266 e. The summed E-state index contributed by atoms with van der Waals surface area (Å²) in [5.74, 6) is 1.38. The second-order valence-electron chi connectivity index (χ2n) is 6.38. The first-order chi connectivity index (χ1) is 14.2. The van der Waals surface area contributed by atoms with Crippen molar-refractivity contribution >= 4 is 34.6 Å². The molecule has 0 aromatic heterocycles. The standard InChI is InChI=1S/C23H26N2O3S/c1-4-14-28-19-13-12-17(15-20(19)27-6-3)16-21-22(26)25(5-2)23(29-21)24-18-10-8-7-9-11-18/h7-13,15-16H,4-6,14H2,1-3H3/b21-16+,24-23?. The molecule has 3 rings (SSSR count). The number of amides is 1. The van der Waals surface area contributed by atoms with Crippen LogP contribution in [0.5, 0.6) is 11.5 Å². The molecular weight excluding hydrogens is 384 g/mol. The van der Waals surface area contributed by atoms with Crippen LogP contribution in [0, 0.1) is 0 Å². The molecule has 1 aliphatic heterocycles. The SMILES string of the molecule is CCCOc1ccc(/C=C2/SC(=Nc3ccccc3)N(CC)C2=O)cc1OCC. The molecule has 2 aromatic carbocycles. The number of likely N-dealkylation sites (N-methyl/N-ethyl adjacent to an activating group) is 1. The molecule has 0 N–H and O–H groups in total. The number of aliphatic imine (C=N–C) groups is 1. The molecule has 0 bridgehead atoms. The van der Waals surface area contributed by atoms with Gasteiger partial charge in [-0.3, -0.25) is 9.69 Å². The minimum atomic E-state index is -0.0311. The van der Waals surface area contributed by atoms with Crippen molar-refractivity contribution in [2.24, 2.45) is 4.99 Å². The molecule has 1 amide bonds. The van der Waals surface area contributed by atoms with Crippen LogP contribution in [-0.2, 0) is 4.79 Å². The van der Waals surface area contributed by atoms with E-state index in [1.54, 1.807) is 4.90 Å². The summed E-state index contributed by atoms with van der Waals surface area (Å²) < 4.78 is 11.5.